The molecule has 1 aliphatic rings. The molecule has 3 rings (SSSR count). The maximum atomic E-state index is 11.6. The van der Waals surface area contributed by atoms with Crippen LogP contribution in [0, 0.1) is 5.92 Å². The van der Waals surface area contributed by atoms with Gasteiger partial charge in [0.2, 0.25) is 5.91 Å². The lowest BCUT2D eigenvalue weighted by Crippen LogP contribution is -2.28. The predicted molar refractivity (Wildman–Crippen MR) is 70.9 cm³/mol. The molecule has 0 bridgehead atoms. The zero-order valence-electron chi connectivity index (χ0n) is 9.33. The van der Waals surface area contributed by atoms with Gasteiger partial charge in [0.25, 0.3) is 0 Å². The minimum atomic E-state index is 0.00822. The second kappa shape index (κ2) is 3.81. The SMILES string of the molecule is CC1Cc2c(nc(Br)c3ccccc23)NC1=O. The maximum Gasteiger partial charge on any atom is 0.228 e. The van der Waals surface area contributed by atoms with Crippen molar-refractivity contribution >= 4 is 38.4 Å². The van der Waals surface area contributed by atoms with Crippen LogP contribution < -0.4 is 5.32 Å². The van der Waals surface area contributed by atoms with Gasteiger partial charge in [-0.05, 0) is 27.7 Å². The first-order valence-electron chi connectivity index (χ1n) is 5.55. The Morgan fingerprint density at radius 3 is 2.82 bits per heavy atom. The van der Waals surface area contributed by atoms with Gasteiger partial charge >= 0.3 is 0 Å². The van der Waals surface area contributed by atoms with Gasteiger partial charge in [-0.3, -0.25) is 4.79 Å². The second-order valence-electron chi connectivity index (χ2n) is 4.37. The average Bonchev–Trinajstić information content (AvgIpc) is 2.32. The lowest BCUT2D eigenvalue weighted by molar-refractivity contribution is -0.119. The van der Waals surface area contributed by atoms with Crippen molar-refractivity contribution in [2.45, 2.75) is 13.3 Å². The summed E-state index contributed by atoms with van der Waals surface area (Å²) >= 11 is 3.45. The van der Waals surface area contributed by atoms with Gasteiger partial charge in [-0.1, -0.05) is 31.2 Å². The molecule has 1 atom stereocenters. The third-order valence-corrected chi connectivity index (χ3v) is 3.77. The zero-order valence-corrected chi connectivity index (χ0v) is 10.9. The summed E-state index contributed by atoms with van der Waals surface area (Å²) in [4.78, 5) is 16.0. The van der Waals surface area contributed by atoms with Crippen LogP contribution in [0.4, 0.5) is 5.82 Å². The fourth-order valence-electron chi connectivity index (χ4n) is 2.23. The first-order chi connectivity index (χ1) is 8.16. The Kier molecular flexibility index (Phi) is 2.40. The number of anilines is 1. The zero-order chi connectivity index (χ0) is 12.0. The Morgan fingerprint density at radius 1 is 1.35 bits per heavy atom. The lowest BCUT2D eigenvalue weighted by Gasteiger charge is -2.22. The van der Waals surface area contributed by atoms with E-state index in [4.69, 9.17) is 0 Å². The molecule has 1 amide bonds. The standard InChI is InChI=1S/C13H11BrN2O/c1-7-6-10-8-4-2-3-5-9(8)11(14)15-12(10)16-13(7)17/h2-5,7H,6H2,1H3,(H,15,16,17). The minimum absolute atomic E-state index is 0.00822. The number of carbonyl (C=O) groups is 1. The predicted octanol–water partition coefficient (Wildman–Crippen LogP) is 3.13. The van der Waals surface area contributed by atoms with Crippen molar-refractivity contribution in [3.63, 3.8) is 0 Å². The molecule has 4 heteroatoms. The average molecular weight is 291 g/mol. The summed E-state index contributed by atoms with van der Waals surface area (Å²) in [7, 11) is 0. The van der Waals surface area contributed by atoms with E-state index in [1.807, 2.05) is 25.1 Å². The van der Waals surface area contributed by atoms with Crippen LogP contribution >= 0.6 is 15.9 Å². The number of benzene rings is 1. The summed E-state index contributed by atoms with van der Waals surface area (Å²) in [6, 6.07) is 8.11. The Bertz CT molecular complexity index is 624. The van der Waals surface area contributed by atoms with E-state index >= 15 is 0 Å². The van der Waals surface area contributed by atoms with Gasteiger partial charge in [0.05, 0.1) is 0 Å². The molecule has 3 nitrogen and oxygen atoms in total. The maximum absolute atomic E-state index is 11.6. The smallest absolute Gasteiger partial charge is 0.228 e. The number of halogens is 1. The molecule has 2 heterocycles. The van der Waals surface area contributed by atoms with Gasteiger partial charge in [-0.25, -0.2) is 4.98 Å². The highest BCUT2D eigenvalue weighted by molar-refractivity contribution is 9.10. The summed E-state index contributed by atoms with van der Waals surface area (Å²) in [5.41, 5.74) is 1.14. The first-order valence-corrected chi connectivity index (χ1v) is 6.34. The Hall–Kier alpha value is -1.42. The number of fused-ring (bicyclic) bond motifs is 3. The number of hydrogen-bond donors (Lipinski definition) is 1. The van der Waals surface area contributed by atoms with E-state index in [0.29, 0.717) is 5.82 Å². The van der Waals surface area contributed by atoms with Crippen LogP contribution in [0.3, 0.4) is 0 Å². The molecule has 1 N–H and O–H groups in total. The number of nitrogens with zero attached hydrogens (tertiary/aromatic N) is 1. The van der Waals surface area contributed by atoms with Crippen LogP contribution in [0.25, 0.3) is 10.8 Å². The summed E-state index contributed by atoms with van der Waals surface area (Å²) in [6.45, 7) is 1.94. The number of pyridine rings is 1. The molecule has 2 aromatic rings. The summed E-state index contributed by atoms with van der Waals surface area (Å²) in [6.07, 6.45) is 0.752. The fraction of sp³-hybridized carbons (Fsp3) is 0.231. The molecule has 1 aromatic heterocycles. The van der Waals surface area contributed by atoms with Crippen LogP contribution in [-0.2, 0) is 11.2 Å². The van der Waals surface area contributed by atoms with Crippen molar-refractivity contribution in [2.75, 3.05) is 5.32 Å². The van der Waals surface area contributed by atoms with Crippen molar-refractivity contribution in [3.8, 4) is 0 Å². The van der Waals surface area contributed by atoms with Crippen LogP contribution in [-0.4, -0.2) is 10.9 Å². The molecule has 0 aliphatic carbocycles. The van der Waals surface area contributed by atoms with Gasteiger partial charge in [-0.15, -0.1) is 0 Å². The molecule has 0 spiro atoms. The highest BCUT2D eigenvalue weighted by Gasteiger charge is 2.25. The van der Waals surface area contributed by atoms with Crippen molar-refractivity contribution in [1.82, 2.24) is 4.98 Å². The number of carbonyl (C=O) groups excluding carboxylic acids is 1. The van der Waals surface area contributed by atoms with Crippen LogP contribution in [0.5, 0.6) is 0 Å². The summed E-state index contributed by atoms with van der Waals surface area (Å²) in [5.74, 6) is 0.750. The Labute approximate surface area is 107 Å². The second-order valence-corrected chi connectivity index (χ2v) is 5.12. The van der Waals surface area contributed by atoms with E-state index in [9.17, 15) is 4.79 Å². The molecule has 0 saturated carbocycles. The Morgan fingerprint density at radius 2 is 2.06 bits per heavy atom. The molecular formula is C13H11BrN2O. The minimum Gasteiger partial charge on any atom is -0.310 e. The fourth-order valence-corrected chi connectivity index (χ4v) is 2.75. The quantitative estimate of drug-likeness (QED) is 0.758. The van der Waals surface area contributed by atoms with Gasteiger partial charge < -0.3 is 5.32 Å². The number of nitrogens with one attached hydrogen (secondary N) is 1. The highest BCUT2D eigenvalue weighted by Crippen LogP contribution is 2.34. The normalized spacial score (nSPS) is 18.9. The molecular weight excluding hydrogens is 280 g/mol. The number of rotatable bonds is 0. The van der Waals surface area contributed by atoms with E-state index in [1.54, 1.807) is 0 Å². The van der Waals surface area contributed by atoms with E-state index in [1.165, 1.54) is 0 Å². The summed E-state index contributed by atoms with van der Waals surface area (Å²) in [5, 5.41) is 5.12. The van der Waals surface area contributed by atoms with Crippen molar-refractivity contribution in [1.29, 1.82) is 0 Å². The monoisotopic (exact) mass is 290 g/mol. The molecule has 1 aromatic carbocycles. The van der Waals surface area contributed by atoms with Crippen LogP contribution in [0.15, 0.2) is 28.9 Å². The molecule has 0 saturated heterocycles. The molecule has 86 valence electrons. The van der Waals surface area contributed by atoms with E-state index in [2.05, 4.69) is 32.3 Å². The van der Waals surface area contributed by atoms with E-state index in [-0.39, 0.29) is 11.8 Å². The Balaban J connectivity index is 2.32. The molecule has 0 fully saturated rings. The van der Waals surface area contributed by atoms with Crippen molar-refractivity contribution < 1.29 is 4.79 Å². The van der Waals surface area contributed by atoms with E-state index < -0.39 is 0 Å². The molecule has 1 unspecified atom stereocenters. The van der Waals surface area contributed by atoms with Gasteiger partial charge in [0, 0.05) is 16.9 Å². The molecule has 17 heavy (non-hydrogen) atoms. The lowest BCUT2D eigenvalue weighted by atomic mass is 9.93. The largest absolute Gasteiger partial charge is 0.310 e. The highest BCUT2D eigenvalue weighted by atomic mass is 79.9. The van der Waals surface area contributed by atoms with Crippen molar-refractivity contribution in [3.05, 3.63) is 34.4 Å². The number of hydrogen-bond acceptors (Lipinski definition) is 2. The third-order valence-electron chi connectivity index (χ3n) is 3.17. The molecule has 1 aliphatic heterocycles. The number of aromatic nitrogens is 1. The number of amides is 1. The van der Waals surface area contributed by atoms with Crippen molar-refractivity contribution in [2.24, 2.45) is 5.92 Å². The van der Waals surface area contributed by atoms with Gasteiger partial charge in [-0.2, -0.15) is 0 Å². The van der Waals surface area contributed by atoms with E-state index in [0.717, 1.165) is 27.4 Å². The van der Waals surface area contributed by atoms with Gasteiger partial charge in [0.15, 0.2) is 0 Å². The van der Waals surface area contributed by atoms with Crippen LogP contribution in [0.1, 0.15) is 12.5 Å². The third kappa shape index (κ3) is 1.63. The van der Waals surface area contributed by atoms with Crippen LogP contribution in [0.2, 0.25) is 0 Å². The first kappa shape index (κ1) is 10.7. The topological polar surface area (TPSA) is 42.0 Å². The summed E-state index contributed by atoms with van der Waals surface area (Å²) < 4.78 is 0.779. The van der Waals surface area contributed by atoms with Gasteiger partial charge in [0.1, 0.15) is 10.4 Å². The molecule has 0 radical (unpaired) electrons.